The number of hydrogen-bond acceptors (Lipinski definition) is 6. The summed E-state index contributed by atoms with van der Waals surface area (Å²) in [6.07, 6.45) is 0.982. The molecule has 3 heterocycles. The number of nitrogens with one attached hydrogen (secondary N) is 1. The fourth-order valence-corrected chi connectivity index (χ4v) is 3.74. The molecule has 2 saturated heterocycles. The summed E-state index contributed by atoms with van der Waals surface area (Å²) in [4.78, 5) is 31.8. The molecule has 0 aliphatic carbocycles. The van der Waals surface area contributed by atoms with Crippen molar-refractivity contribution in [2.75, 3.05) is 44.3 Å². The largest absolute Gasteiger partial charge is 0.390 e. The van der Waals surface area contributed by atoms with Gasteiger partial charge in [-0.2, -0.15) is 0 Å². The van der Waals surface area contributed by atoms with E-state index in [1.807, 2.05) is 4.90 Å². The number of aromatic amines is 1. The number of benzene rings is 1. The minimum atomic E-state index is -0.828. The van der Waals surface area contributed by atoms with Crippen molar-refractivity contribution in [3.05, 3.63) is 39.9 Å². The lowest BCUT2D eigenvalue weighted by atomic mass is 10.0. The predicted octanol–water partition coefficient (Wildman–Crippen LogP) is 0.0379. The molecule has 4 rings (SSSR count). The normalized spacial score (nSPS) is 23.2. The van der Waals surface area contributed by atoms with E-state index in [1.54, 1.807) is 6.07 Å². The lowest BCUT2D eigenvalue weighted by Gasteiger charge is -2.34. The van der Waals surface area contributed by atoms with Gasteiger partial charge in [0, 0.05) is 43.8 Å². The Hall–Kier alpha value is -2.49. The minimum absolute atomic E-state index is 0.0712. The Morgan fingerprint density at radius 1 is 1.29 bits per heavy atom. The molecule has 2 aromatic rings. The first-order valence-electron chi connectivity index (χ1n) is 9.36. The minimum Gasteiger partial charge on any atom is -0.390 e. The van der Waals surface area contributed by atoms with E-state index in [4.69, 9.17) is 10.5 Å². The van der Waals surface area contributed by atoms with Crippen molar-refractivity contribution in [3.63, 3.8) is 0 Å². The second-order valence-corrected chi connectivity index (χ2v) is 7.25. The van der Waals surface area contributed by atoms with Crippen LogP contribution in [-0.4, -0.2) is 72.4 Å². The first kappa shape index (κ1) is 18.9. The molecule has 0 saturated carbocycles. The summed E-state index contributed by atoms with van der Waals surface area (Å²) in [5, 5.41) is 10.0. The van der Waals surface area contributed by atoms with Crippen LogP contribution in [-0.2, 0) is 4.74 Å². The molecule has 0 spiro atoms. The van der Waals surface area contributed by atoms with Crippen LogP contribution in [0.5, 0.6) is 0 Å². The second-order valence-electron chi connectivity index (χ2n) is 7.25. The first-order valence-corrected chi connectivity index (χ1v) is 9.36. The van der Waals surface area contributed by atoms with Crippen molar-refractivity contribution in [3.8, 4) is 0 Å². The smallest absolute Gasteiger partial charge is 0.259 e. The fraction of sp³-hybridized carbons (Fsp3) is 0.474. The van der Waals surface area contributed by atoms with Crippen molar-refractivity contribution in [2.24, 2.45) is 5.73 Å². The van der Waals surface area contributed by atoms with E-state index >= 15 is 0 Å². The van der Waals surface area contributed by atoms with E-state index in [-0.39, 0.29) is 23.5 Å². The number of aliphatic hydroxyl groups excluding tert-OH is 1. The number of rotatable bonds is 2. The number of morpholine rings is 1. The van der Waals surface area contributed by atoms with Gasteiger partial charge in [0.2, 0.25) is 5.43 Å². The number of piperidine rings is 1. The number of hydrogen-bond donors (Lipinski definition) is 3. The molecule has 1 aromatic heterocycles. The number of anilines is 1. The quantitative estimate of drug-likeness (QED) is 0.668. The van der Waals surface area contributed by atoms with Gasteiger partial charge < -0.3 is 30.4 Å². The molecule has 9 heteroatoms. The summed E-state index contributed by atoms with van der Waals surface area (Å²) < 4.78 is 20.0. The molecule has 8 nitrogen and oxygen atoms in total. The van der Waals surface area contributed by atoms with Gasteiger partial charge in [0.05, 0.1) is 30.5 Å². The Morgan fingerprint density at radius 3 is 2.75 bits per heavy atom. The number of carbonyl (C=O) groups excluding carboxylic acids is 1. The maximum absolute atomic E-state index is 14.7. The van der Waals surface area contributed by atoms with Gasteiger partial charge in [-0.1, -0.05) is 0 Å². The highest BCUT2D eigenvalue weighted by Crippen LogP contribution is 2.25. The van der Waals surface area contributed by atoms with Gasteiger partial charge in [-0.25, -0.2) is 4.39 Å². The van der Waals surface area contributed by atoms with Crippen LogP contribution in [0.2, 0.25) is 0 Å². The highest BCUT2D eigenvalue weighted by atomic mass is 19.1. The Kier molecular flexibility index (Phi) is 5.05. The van der Waals surface area contributed by atoms with Crippen molar-refractivity contribution in [1.82, 2.24) is 9.88 Å². The third-order valence-electron chi connectivity index (χ3n) is 5.45. The number of nitrogens with zero attached hydrogens (tertiary/aromatic N) is 2. The molecule has 0 radical (unpaired) electrons. The van der Waals surface area contributed by atoms with E-state index in [0.717, 1.165) is 0 Å². The summed E-state index contributed by atoms with van der Waals surface area (Å²) in [5.41, 5.74) is 6.02. The maximum Gasteiger partial charge on any atom is 0.259 e. The third-order valence-corrected chi connectivity index (χ3v) is 5.45. The fourth-order valence-electron chi connectivity index (χ4n) is 3.74. The number of aliphatic hydroxyl groups is 1. The molecule has 2 fully saturated rings. The zero-order valence-electron chi connectivity index (χ0n) is 15.4. The number of fused-ring (bicyclic) bond motifs is 1. The summed E-state index contributed by atoms with van der Waals surface area (Å²) in [7, 11) is 0. The third kappa shape index (κ3) is 3.36. The number of β-amino-alcohol motifs (C(OH)–C–C–N with tert-alkyl or cyclic N) is 1. The average Bonchev–Trinajstić information content (AvgIpc) is 2.70. The van der Waals surface area contributed by atoms with Crippen molar-refractivity contribution in [2.45, 2.75) is 18.6 Å². The Bertz CT molecular complexity index is 957. The highest BCUT2D eigenvalue weighted by Gasteiger charge is 2.29. The first-order chi connectivity index (χ1) is 13.5. The molecule has 150 valence electrons. The predicted molar refractivity (Wildman–Crippen MR) is 102 cm³/mol. The summed E-state index contributed by atoms with van der Waals surface area (Å²) >= 11 is 0. The van der Waals surface area contributed by atoms with E-state index in [2.05, 4.69) is 4.98 Å². The molecule has 0 bridgehead atoms. The van der Waals surface area contributed by atoms with E-state index in [9.17, 15) is 19.1 Å². The van der Waals surface area contributed by atoms with Crippen molar-refractivity contribution < 1.29 is 19.0 Å². The molecule has 2 atom stereocenters. The number of nitrogens with two attached hydrogens (primary N) is 1. The van der Waals surface area contributed by atoms with Gasteiger partial charge in [0.15, 0.2) is 0 Å². The number of carbonyl (C=O) groups is 1. The van der Waals surface area contributed by atoms with Crippen LogP contribution in [0.15, 0.2) is 23.1 Å². The number of halogens is 1. The molecule has 2 aliphatic rings. The second kappa shape index (κ2) is 7.50. The molecule has 0 unspecified atom stereocenters. The van der Waals surface area contributed by atoms with E-state index in [1.165, 1.54) is 17.2 Å². The summed E-state index contributed by atoms with van der Waals surface area (Å²) in [5.74, 6) is -1.00. The van der Waals surface area contributed by atoms with Crippen LogP contribution in [0, 0.1) is 5.82 Å². The lowest BCUT2D eigenvalue weighted by molar-refractivity contribution is 0.0394. The number of H-pyrrole nitrogens is 1. The summed E-state index contributed by atoms with van der Waals surface area (Å²) in [6.45, 7) is 2.62. The Labute approximate surface area is 160 Å². The molecular formula is C19H23FN4O4. The lowest BCUT2D eigenvalue weighted by Crippen LogP contribution is -2.52. The van der Waals surface area contributed by atoms with Gasteiger partial charge >= 0.3 is 0 Å². The number of amides is 1. The van der Waals surface area contributed by atoms with E-state index in [0.29, 0.717) is 50.5 Å². The molecular weight excluding hydrogens is 367 g/mol. The zero-order chi connectivity index (χ0) is 19.8. The van der Waals surface area contributed by atoms with E-state index < -0.39 is 23.3 Å². The average molecular weight is 390 g/mol. The summed E-state index contributed by atoms with van der Waals surface area (Å²) in [6, 6.07) is 2.39. The van der Waals surface area contributed by atoms with Gasteiger partial charge in [0.25, 0.3) is 5.91 Å². The van der Waals surface area contributed by atoms with Crippen LogP contribution in [0.25, 0.3) is 10.9 Å². The van der Waals surface area contributed by atoms with Crippen LogP contribution < -0.4 is 16.1 Å². The van der Waals surface area contributed by atoms with Gasteiger partial charge in [0.1, 0.15) is 11.4 Å². The van der Waals surface area contributed by atoms with Gasteiger partial charge in [-0.05, 0) is 18.6 Å². The van der Waals surface area contributed by atoms with Crippen LogP contribution in [0.4, 0.5) is 10.1 Å². The standard InChI is InChI=1S/C19H23FN4O4/c20-13-7-11-15(8-16(13)23-3-5-28-6-4-23)22-9-12(18(11)26)19(27)24-2-1-14(21)17(25)10-24/h7-9,14,17,25H,1-6,10,21H2,(H,22,26)/t14-,17-/m1/s1. The van der Waals surface area contributed by atoms with Crippen LogP contribution in [0.3, 0.4) is 0 Å². The molecule has 28 heavy (non-hydrogen) atoms. The topological polar surface area (TPSA) is 112 Å². The van der Waals surface area contributed by atoms with Gasteiger partial charge in [-0.3, -0.25) is 9.59 Å². The molecule has 2 aliphatic heterocycles. The molecule has 1 amide bonds. The monoisotopic (exact) mass is 390 g/mol. The number of ether oxygens (including phenoxy) is 1. The number of likely N-dealkylation sites (tertiary alicyclic amines) is 1. The van der Waals surface area contributed by atoms with Crippen molar-refractivity contribution in [1.29, 1.82) is 0 Å². The molecule has 4 N–H and O–H groups in total. The zero-order valence-corrected chi connectivity index (χ0v) is 15.4. The van der Waals surface area contributed by atoms with Crippen LogP contribution in [0.1, 0.15) is 16.8 Å². The highest BCUT2D eigenvalue weighted by molar-refractivity contribution is 5.97. The molecule has 1 aromatic carbocycles. The number of aromatic nitrogens is 1. The van der Waals surface area contributed by atoms with Gasteiger partial charge in [-0.15, -0.1) is 0 Å². The Balaban J connectivity index is 1.67. The van der Waals surface area contributed by atoms with Crippen LogP contribution >= 0.6 is 0 Å². The SMILES string of the molecule is N[C@@H]1CCN(C(=O)c2c[nH]c3cc(N4CCOCC4)c(F)cc3c2=O)C[C@H]1O. The van der Waals surface area contributed by atoms with Crippen molar-refractivity contribution >= 4 is 22.5 Å². The Morgan fingerprint density at radius 2 is 2.04 bits per heavy atom. The maximum atomic E-state index is 14.7. The number of pyridine rings is 1.